The topological polar surface area (TPSA) is 57.9 Å². The van der Waals surface area contributed by atoms with Gasteiger partial charge in [-0.1, -0.05) is 0 Å². The first-order valence-electron chi connectivity index (χ1n) is 2.24. The van der Waals surface area contributed by atoms with Gasteiger partial charge in [-0.25, -0.2) is 8.42 Å². The van der Waals surface area contributed by atoms with E-state index in [1.54, 1.807) is 0 Å². The molecule has 0 aromatic rings. The van der Waals surface area contributed by atoms with Crippen LogP contribution in [0, 0.1) is 0 Å². The van der Waals surface area contributed by atoms with Crippen LogP contribution >= 0.6 is 0 Å². The second kappa shape index (κ2) is 1.70. The number of hydrogen-bond acceptors (Lipinski definition) is 2. The molecule has 4 heteroatoms. The molecule has 0 rings (SSSR count). The van der Waals surface area contributed by atoms with Crippen molar-refractivity contribution in [1.82, 2.24) is 0 Å². The van der Waals surface area contributed by atoms with Crippen LogP contribution in [0.3, 0.4) is 0 Å². The Hall–Kier alpha value is -0.0900. The lowest BCUT2D eigenvalue weighted by Crippen LogP contribution is -2.23. The summed E-state index contributed by atoms with van der Waals surface area (Å²) >= 11 is 0. The van der Waals surface area contributed by atoms with Gasteiger partial charge in [0.15, 0.2) is 0 Å². The van der Waals surface area contributed by atoms with Crippen molar-refractivity contribution < 1.29 is 8.42 Å². The average molecular weight is 136 g/mol. The molecular formula is C4H10NO2S-. The van der Waals surface area contributed by atoms with Gasteiger partial charge in [0.1, 0.15) is 0 Å². The van der Waals surface area contributed by atoms with Crippen molar-refractivity contribution in [3.8, 4) is 0 Å². The molecule has 8 heavy (non-hydrogen) atoms. The third-order valence-corrected chi connectivity index (χ3v) is 2.42. The molecular weight excluding hydrogens is 126 g/mol. The third-order valence-electron chi connectivity index (χ3n) is 0.806. The van der Waals surface area contributed by atoms with Gasteiger partial charge < -0.3 is 5.14 Å². The Morgan fingerprint density at radius 2 is 1.38 bits per heavy atom. The fourth-order valence-electron chi connectivity index (χ4n) is 0. The third kappa shape index (κ3) is 1.79. The molecule has 0 bridgehead atoms. The van der Waals surface area contributed by atoms with Crippen LogP contribution in [0.2, 0.25) is 0 Å². The smallest absolute Gasteiger partial charge is 0.0749 e. The summed E-state index contributed by atoms with van der Waals surface area (Å²) in [6.45, 7) is 4.49. The molecule has 0 aliphatic rings. The lowest BCUT2D eigenvalue weighted by molar-refractivity contribution is 0.570. The van der Waals surface area contributed by atoms with Gasteiger partial charge in [-0.2, -0.15) is 0 Å². The summed E-state index contributed by atoms with van der Waals surface area (Å²) in [5.74, 6) is 0. The molecule has 0 aliphatic carbocycles. The fourth-order valence-corrected chi connectivity index (χ4v) is 0. The molecule has 0 unspecified atom stereocenters. The van der Waals surface area contributed by atoms with Crippen molar-refractivity contribution in [2.75, 3.05) is 0 Å². The monoisotopic (exact) mass is 136 g/mol. The summed E-state index contributed by atoms with van der Waals surface area (Å²) in [5.41, 5.74) is 0. The van der Waals surface area contributed by atoms with E-state index in [2.05, 4.69) is 0 Å². The maximum Gasteiger partial charge on any atom is 0.0749 e. The van der Waals surface area contributed by atoms with Gasteiger partial charge in [-0.3, -0.25) is 0 Å². The first-order valence-corrected chi connectivity index (χ1v) is 3.72. The predicted molar refractivity (Wildman–Crippen MR) is 33.0 cm³/mol. The van der Waals surface area contributed by atoms with Crippen molar-refractivity contribution in [1.29, 1.82) is 0 Å². The van der Waals surface area contributed by atoms with Crippen LogP contribution in [0.4, 0.5) is 0 Å². The van der Waals surface area contributed by atoms with Gasteiger partial charge in [-0.05, 0) is 20.8 Å². The molecule has 0 heterocycles. The predicted octanol–water partition coefficient (Wildman–Crippen LogP) is 1.17. The van der Waals surface area contributed by atoms with E-state index in [0.717, 1.165) is 0 Å². The second-order valence-electron chi connectivity index (χ2n) is 2.62. The van der Waals surface area contributed by atoms with Crippen molar-refractivity contribution in [3.63, 3.8) is 0 Å². The lowest BCUT2D eigenvalue weighted by atomic mass is 10.3. The van der Waals surface area contributed by atoms with Crippen LogP contribution in [-0.2, 0) is 10.0 Å². The molecule has 0 spiro atoms. The molecule has 0 aromatic heterocycles. The van der Waals surface area contributed by atoms with Crippen LogP contribution in [0.1, 0.15) is 20.8 Å². The van der Waals surface area contributed by atoms with Crippen LogP contribution in [0.25, 0.3) is 5.14 Å². The van der Waals surface area contributed by atoms with Crippen LogP contribution in [0.15, 0.2) is 0 Å². The second-order valence-corrected chi connectivity index (χ2v) is 4.85. The van der Waals surface area contributed by atoms with E-state index in [0.29, 0.717) is 0 Å². The van der Waals surface area contributed by atoms with Crippen molar-refractivity contribution in [2.24, 2.45) is 0 Å². The Morgan fingerprint density at radius 1 is 1.25 bits per heavy atom. The Kier molecular flexibility index (Phi) is 1.68. The molecule has 0 aromatic carbocycles. The Morgan fingerprint density at radius 3 is 1.38 bits per heavy atom. The van der Waals surface area contributed by atoms with E-state index in [1.165, 1.54) is 20.8 Å². The molecule has 3 nitrogen and oxygen atoms in total. The van der Waals surface area contributed by atoms with E-state index < -0.39 is 14.8 Å². The first kappa shape index (κ1) is 7.91. The fraction of sp³-hybridized carbons (Fsp3) is 1.00. The van der Waals surface area contributed by atoms with Gasteiger partial charge in [0.05, 0.1) is 10.0 Å². The first-order chi connectivity index (χ1) is 3.25. The molecule has 0 fully saturated rings. The zero-order valence-corrected chi connectivity index (χ0v) is 6.04. The zero-order chi connectivity index (χ0) is 7.00. The quantitative estimate of drug-likeness (QED) is 0.501. The van der Waals surface area contributed by atoms with Gasteiger partial charge in [0.25, 0.3) is 0 Å². The molecule has 0 saturated heterocycles. The summed E-state index contributed by atoms with van der Waals surface area (Å²) in [7, 11) is -3.59. The highest BCUT2D eigenvalue weighted by Gasteiger charge is 2.17. The van der Waals surface area contributed by atoms with Crippen molar-refractivity contribution >= 4 is 10.0 Å². The normalized spacial score (nSPS) is 14.0. The van der Waals surface area contributed by atoms with Gasteiger partial charge in [-0.15, -0.1) is 0 Å². The van der Waals surface area contributed by atoms with E-state index in [1.807, 2.05) is 0 Å². The van der Waals surface area contributed by atoms with E-state index in [9.17, 15) is 8.42 Å². The number of rotatable bonds is 0. The summed E-state index contributed by atoms with van der Waals surface area (Å²) in [6.07, 6.45) is 0. The number of sulfonamides is 1. The molecule has 1 N–H and O–H groups in total. The molecule has 0 saturated carbocycles. The molecule has 50 valence electrons. The summed E-state index contributed by atoms with van der Waals surface area (Å²) in [6, 6.07) is 0. The summed E-state index contributed by atoms with van der Waals surface area (Å²) < 4.78 is 19.7. The minimum atomic E-state index is -3.59. The maximum absolute atomic E-state index is 10.3. The van der Waals surface area contributed by atoms with E-state index in [4.69, 9.17) is 5.14 Å². The molecule has 0 aliphatic heterocycles. The summed E-state index contributed by atoms with van der Waals surface area (Å²) in [5, 5.41) is 6.56. The Labute approximate surface area is 49.9 Å². The highest BCUT2D eigenvalue weighted by atomic mass is 32.2. The minimum absolute atomic E-state index is 0.924. The van der Waals surface area contributed by atoms with E-state index in [-0.39, 0.29) is 0 Å². The zero-order valence-electron chi connectivity index (χ0n) is 5.22. The SMILES string of the molecule is CC(C)(C)S([NH-])(=O)=O. The average Bonchev–Trinajstić information content (AvgIpc) is 1.25. The van der Waals surface area contributed by atoms with Crippen molar-refractivity contribution in [3.05, 3.63) is 5.14 Å². The van der Waals surface area contributed by atoms with Gasteiger partial charge >= 0.3 is 0 Å². The molecule has 0 atom stereocenters. The van der Waals surface area contributed by atoms with Gasteiger partial charge in [0.2, 0.25) is 0 Å². The van der Waals surface area contributed by atoms with Crippen LogP contribution < -0.4 is 0 Å². The lowest BCUT2D eigenvalue weighted by Gasteiger charge is -2.20. The molecule has 0 radical (unpaired) electrons. The van der Waals surface area contributed by atoms with Crippen LogP contribution in [0.5, 0.6) is 0 Å². The maximum atomic E-state index is 10.3. The van der Waals surface area contributed by atoms with Crippen molar-refractivity contribution in [2.45, 2.75) is 25.5 Å². The van der Waals surface area contributed by atoms with E-state index >= 15 is 0 Å². The number of nitrogens with one attached hydrogen (secondary N) is 1. The number of hydrogen-bond donors (Lipinski definition) is 0. The molecule has 0 amide bonds. The van der Waals surface area contributed by atoms with Gasteiger partial charge in [0, 0.05) is 4.75 Å². The highest BCUT2D eigenvalue weighted by Crippen LogP contribution is 2.14. The van der Waals surface area contributed by atoms with Crippen LogP contribution in [-0.4, -0.2) is 13.2 Å². The Balaban J connectivity index is 4.53. The Bertz CT molecular complexity index is 163. The highest BCUT2D eigenvalue weighted by molar-refractivity contribution is 7.94. The minimum Gasteiger partial charge on any atom is -0.564 e. The standard InChI is InChI=1S/C4H10NO2S/c1-4(2,3)8(5,6)7/h1-3H3,(H-,5,6,7)/q-1. The largest absolute Gasteiger partial charge is 0.564 e. The summed E-state index contributed by atoms with van der Waals surface area (Å²) in [4.78, 5) is 0.